The van der Waals surface area contributed by atoms with Gasteiger partial charge in [0.1, 0.15) is 5.75 Å². The summed E-state index contributed by atoms with van der Waals surface area (Å²) in [5, 5.41) is 23.4. The summed E-state index contributed by atoms with van der Waals surface area (Å²) in [7, 11) is 3.82. The van der Waals surface area contributed by atoms with Crippen LogP contribution in [0.3, 0.4) is 0 Å². The van der Waals surface area contributed by atoms with Gasteiger partial charge in [0.2, 0.25) is 0 Å². The fourth-order valence-corrected chi connectivity index (χ4v) is 4.82. The third-order valence-electron chi connectivity index (χ3n) is 6.00. The van der Waals surface area contributed by atoms with Crippen LogP contribution in [-0.2, 0) is 6.42 Å². The lowest BCUT2D eigenvalue weighted by Crippen LogP contribution is -2.51. The lowest BCUT2D eigenvalue weighted by Gasteiger charge is -2.33. The van der Waals surface area contributed by atoms with Crippen LogP contribution in [0.15, 0.2) is 30.9 Å². The molecule has 2 aliphatic rings. The smallest absolute Gasteiger partial charge is 0.122 e. The molecule has 0 aliphatic carbocycles. The number of rotatable bonds is 7. The number of ether oxygens (including phenoxy) is 1. The van der Waals surface area contributed by atoms with Gasteiger partial charge in [-0.2, -0.15) is 0 Å². The standard InChI is InChI=1S/C20H30N2O3/c1-4-5-14-10-15(6-7-18(14)25-3)19-16-11-22(2)12-17(16)20(13-24,21-19)8-9-23/h4,6-7,10,16-17,19,21,23-24H,1,5,8-9,11-13H2,2-3H3/t16-,17+,19-,20+/m0/s1. The highest BCUT2D eigenvalue weighted by Crippen LogP contribution is 2.48. The highest BCUT2D eigenvalue weighted by molar-refractivity contribution is 5.40. The lowest BCUT2D eigenvalue weighted by atomic mass is 9.79. The molecule has 25 heavy (non-hydrogen) atoms. The van der Waals surface area contributed by atoms with Crippen molar-refractivity contribution in [3.8, 4) is 5.75 Å². The normalized spacial score (nSPS) is 31.9. The number of aliphatic hydroxyl groups excluding tert-OH is 2. The van der Waals surface area contributed by atoms with Crippen LogP contribution in [0.25, 0.3) is 0 Å². The zero-order valence-electron chi connectivity index (χ0n) is 15.2. The molecule has 1 aromatic rings. The van der Waals surface area contributed by atoms with E-state index in [9.17, 15) is 10.2 Å². The summed E-state index contributed by atoms with van der Waals surface area (Å²) in [4.78, 5) is 2.33. The maximum absolute atomic E-state index is 10.1. The third-order valence-corrected chi connectivity index (χ3v) is 6.00. The van der Waals surface area contributed by atoms with Gasteiger partial charge in [-0.25, -0.2) is 0 Å². The molecule has 138 valence electrons. The Labute approximate surface area is 150 Å². The fourth-order valence-electron chi connectivity index (χ4n) is 4.82. The van der Waals surface area contributed by atoms with Gasteiger partial charge in [0, 0.05) is 31.3 Å². The summed E-state index contributed by atoms with van der Waals surface area (Å²) in [6, 6.07) is 6.50. The van der Waals surface area contributed by atoms with Gasteiger partial charge in [-0.05, 0) is 48.9 Å². The molecule has 2 heterocycles. The van der Waals surface area contributed by atoms with Crippen LogP contribution in [-0.4, -0.2) is 61.1 Å². The van der Waals surface area contributed by atoms with Crippen LogP contribution in [0.5, 0.6) is 5.75 Å². The maximum Gasteiger partial charge on any atom is 0.122 e. The van der Waals surface area contributed by atoms with Crippen molar-refractivity contribution in [1.29, 1.82) is 0 Å². The van der Waals surface area contributed by atoms with Gasteiger partial charge >= 0.3 is 0 Å². The molecule has 2 fully saturated rings. The topological polar surface area (TPSA) is 65.0 Å². The molecule has 0 unspecified atom stereocenters. The molecule has 0 aromatic heterocycles. The van der Waals surface area contributed by atoms with Crippen molar-refractivity contribution in [2.45, 2.75) is 24.4 Å². The average molecular weight is 346 g/mol. The second-order valence-electron chi connectivity index (χ2n) is 7.47. The second kappa shape index (κ2) is 7.46. The van der Waals surface area contributed by atoms with E-state index >= 15 is 0 Å². The summed E-state index contributed by atoms with van der Waals surface area (Å²) in [5.74, 6) is 1.64. The maximum atomic E-state index is 10.1. The van der Waals surface area contributed by atoms with Crippen molar-refractivity contribution >= 4 is 0 Å². The molecule has 5 heteroatoms. The van der Waals surface area contributed by atoms with Crippen molar-refractivity contribution in [2.75, 3.05) is 40.5 Å². The number of benzene rings is 1. The van der Waals surface area contributed by atoms with Gasteiger partial charge in [-0.3, -0.25) is 0 Å². The first-order valence-corrected chi connectivity index (χ1v) is 9.04. The molecule has 2 saturated heterocycles. The van der Waals surface area contributed by atoms with E-state index in [1.165, 1.54) is 5.56 Å². The van der Waals surface area contributed by atoms with Crippen LogP contribution in [0.2, 0.25) is 0 Å². The monoisotopic (exact) mass is 346 g/mol. The summed E-state index contributed by atoms with van der Waals surface area (Å²) in [6.45, 7) is 5.92. The summed E-state index contributed by atoms with van der Waals surface area (Å²) < 4.78 is 5.47. The summed E-state index contributed by atoms with van der Waals surface area (Å²) in [6.07, 6.45) is 3.23. The molecule has 3 rings (SSSR count). The van der Waals surface area contributed by atoms with Gasteiger partial charge in [-0.15, -0.1) is 6.58 Å². The number of hydrogen-bond acceptors (Lipinski definition) is 5. The Balaban J connectivity index is 1.96. The van der Waals surface area contributed by atoms with Gasteiger partial charge in [0.05, 0.1) is 13.7 Å². The average Bonchev–Trinajstić information content (AvgIpc) is 3.13. The molecule has 0 spiro atoms. The lowest BCUT2D eigenvalue weighted by molar-refractivity contribution is 0.0993. The Hall–Kier alpha value is -1.40. The Morgan fingerprint density at radius 3 is 2.84 bits per heavy atom. The quantitative estimate of drug-likeness (QED) is 0.651. The van der Waals surface area contributed by atoms with Crippen molar-refractivity contribution in [3.05, 3.63) is 42.0 Å². The zero-order valence-corrected chi connectivity index (χ0v) is 15.2. The van der Waals surface area contributed by atoms with E-state index in [0.717, 1.165) is 30.8 Å². The number of nitrogens with one attached hydrogen (secondary N) is 1. The fraction of sp³-hybridized carbons (Fsp3) is 0.600. The number of hydrogen-bond donors (Lipinski definition) is 3. The van der Waals surface area contributed by atoms with Crippen LogP contribution < -0.4 is 10.1 Å². The molecule has 4 atom stereocenters. The van der Waals surface area contributed by atoms with Crippen LogP contribution in [0, 0.1) is 11.8 Å². The summed E-state index contributed by atoms with van der Waals surface area (Å²) >= 11 is 0. The Bertz CT molecular complexity index is 621. The van der Waals surface area contributed by atoms with Crippen molar-refractivity contribution < 1.29 is 14.9 Å². The first-order valence-electron chi connectivity index (χ1n) is 9.04. The van der Waals surface area contributed by atoms with E-state index in [0.29, 0.717) is 18.3 Å². The number of nitrogens with zero attached hydrogens (tertiary/aromatic N) is 1. The van der Waals surface area contributed by atoms with Crippen LogP contribution in [0.1, 0.15) is 23.6 Å². The van der Waals surface area contributed by atoms with Crippen molar-refractivity contribution in [1.82, 2.24) is 10.2 Å². The van der Waals surface area contributed by atoms with E-state index in [-0.39, 0.29) is 19.3 Å². The number of methoxy groups -OCH3 is 1. The first-order chi connectivity index (χ1) is 12.1. The van der Waals surface area contributed by atoms with Crippen molar-refractivity contribution in [2.24, 2.45) is 11.8 Å². The molecule has 0 saturated carbocycles. The predicted octanol–water partition coefficient (Wildman–Crippen LogP) is 1.36. The minimum absolute atomic E-state index is 0.0503. The third kappa shape index (κ3) is 3.22. The minimum Gasteiger partial charge on any atom is -0.496 e. The van der Waals surface area contributed by atoms with E-state index < -0.39 is 5.54 Å². The Morgan fingerprint density at radius 1 is 1.40 bits per heavy atom. The van der Waals surface area contributed by atoms with E-state index in [4.69, 9.17) is 4.74 Å². The number of allylic oxidation sites excluding steroid dienone is 1. The summed E-state index contributed by atoms with van der Waals surface area (Å²) in [5.41, 5.74) is 1.94. The molecule has 2 aliphatic heterocycles. The van der Waals surface area contributed by atoms with E-state index in [1.54, 1.807) is 7.11 Å². The van der Waals surface area contributed by atoms with Gasteiger partial charge < -0.3 is 25.2 Å². The van der Waals surface area contributed by atoms with Crippen molar-refractivity contribution in [3.63, 3.8) is 0 Å². The molecular formula is C20H30N2O3. The minimum atomic E-state index is -0.409. The Kier molecular flexibility index (Phi) is 5.49. The van der Waals surface area contributed by atoms with Gasteiger partial charge in [0.15, 0.2) is 0 Å². The molecular weight excluding hydrogens is 316 g/mol. The molecule has 1 aromatic carbocycles. The molecule has 3 N–H and O–H groups in total. The van der Waals surface area contributed by atoms with E-state index in [1.807, 2.05) is 12.1 Å². The largest absolute Gasteiger partial charge is 0.496 e. The molecule has 0 bridgehead atoms. The SMILES string of the molecule is C=CCc1cc([C@@H]2N[C@@](CO)(CCO)[C@@H]3CN(C)C[C@@H]32)ccc1OC. The van der Waals surface area contributed by atoms with Crippen LogP contribution in [0.4, 0.5) is 0 Å². The molecule has 0 radical (unpaired) electrons. The van der Waals surface area contributed by atoms with Gasteiger partial charge in [-0.1, -0.05) is 18.2 Å². The highest BCUT2D eigenvalue weighted by atomic mass is 16.5. The number of aliphatic hydroxyl groups is 2. The number of likely N-dealkylation sites (tertiary alicyclic amines) is 1. The van der Waals surface area contributed by atoms with E-state index in [2.05, 4.69) is 36.0 Å². The second-order valence-corrected chi connectivity index (χ2v) is 7.47. The predicted molar refractivity (Wildman–Crippen MR) is 98.8 cm³/mol. The molecule has 0 amide bonds. The highest BCUT2D eigenvalue weighted by Gasteiger charge is 2.55. The molecule has 5 nitrogen and oxygen atoms in total. The zero-order chi connectivity index (χ0) is 18.0. The first kappa shape index (κ1) is 18.4. The number of fused-ring (bicyclic) bond motifs is 1. The Morgan fingerprint density at radius 2 is 2.20 bits per heavy atom. The van der Waals surface area contributed by atoms with Crippen LogP contribution >= 0.6 is 0 Å². The van der Waals surface area contributed by atoms with Gasteiger partial charge in [0.25, 0.3) is 0 Å².